The number of carboxylic acids is 1. The molecule has 0 unspecified atom stereocenters. The molecule has 1 aromatic rings. The first-order chi connectivity index (χ1) is 9.15. The fourth-order valence-corrected chi connectivity index (χ4v) is 1.40. The number of ether oxygens (including phenoxy) is 1. The summed E-state index contributed by atoms with van der Waals surface area (Å²) < 4.78 is 4.99. The van der Waals surface area contributed by atoms with E-state index in [0.29, 0.717) is 5.75 Å². The molecule has 1 saturated carbocycles. The summed E-state index contributed by atoms with van der Waals surface area (Å²) in [5.74, 6) is -0.461. The fourth-order valence-electron chi connectivity index (χ4n) is 1.40. The van der Waals surface area contributed by atoms with Crippen molar-refractivity contribution < 1.29 is 19.4 Å². The molecule has 1 aliphatic rings. The van der Waals surface area contributed by atoms with Gasteiger partial charge in [0, 0.05) is 5.92 Å². The number of aliphatic carboxylic acids is 1. The van der Waals surface area contributed by atoms with Crippen LogP contribution < -0.4 is 10.2 Å². The zero-order valence-electron chi connectivity index (χ0n) is 10.2. The Morgan fingerprint density at radius 2 is 2.05 bits per heavy atom. The normalized spacial score (nSPS) is 14.3. The highest BCUT2D eigenvalue weighted by molar-refractivity contribution is 5.84. The van der Waals surface area contributed by atoms with E-state index >= 15 is 0 Å². The molecular weight excluding hydrogens is 248 g/mol. The van der Waals surface area contributed by atoms with E-state index < -0.39 is 5.97 Å². The third-order valence-electron chi connectivity index (χ3n) is 2.58. The lowest BCUT2D eigenvalue weighted by molar-refractivity contribution is -0.139. The average Bonchev–Trinajstić information content (AvgIpc) is 3.22. The molecule has 0 aliphatic heterocycles. The predicted molar refractivity (Wildman–Crippen MR) is 68.0 cm³/mol. The van der Waals surface area contributed by atoms with Gasteiger partial charge in [0.05, 0.1) is 6.21 Å². The summed E-state index contributed by atoms with van der Waals surface area (Å²) in [4.78, 5) is 21.6. The van der Waals surface area contributed by atoms with Gasteiger partial charge in [0.25, 0.3) is 0 Å². The van der Waals surface area contributed by atoms with Gasteiger partial charge < -0.3 is 9.84 Å². The first-order valence-corrected chi connectivity index (χ1v) is 5.93. The van der Waals surface area contributed by atoms with Gasteiger partial charge in [-0.3, -0.25) is 4.79 Å². The minimum Gasteiger partial charge on any atom is -0.482 e. The topological polar surface area (TPSA) is 88.0 Å². The first-order valence-electron chi connectivity index (χ1n) is 5.93. The molecule has 6 nitrogen and oxygen atoms in total. The lowest BCUT2D eigenvalue weighted by Gasteiger charge is -2.02. The third kappa shape index (κ3) is 4.42. The number of hydrogen-bond acceptors (Lipinski definition) is 4. The van der Waals surface area contributed by atoms with E-state index in [1.54, 1.807) is 24.3 Å². The van der Waals surface area contributed by atoms with E-state index in [2.05, 4.69) is 10.5 Å². The summed E-state index contributed by atoms with van der Waals surface area (Å²) in [6, 6.07) is 6.74. The molecule has 0 bridgehead atoms. The maximum Gasteiger partial charge on any atom is 0.341 e. The van der Waals surface area contributed by atoms with Crippen LogP contribution in [-0.2, 0) is 9.59 Å². The first kappa shape index (κ1) is 13.1. The largest absolute Gasteiger partial charge is 0.482 e. The predicted octanol–water partition coefficient (Wildman–Crippen LogP) is 1.01. The molecule has 0 spiro atoms. The molecule has 0 heterocycles. The van der Waals surface area contributed by atoms with Crippen LogP contribution in [0.25, 0.3) is 0 Å². The van der Waals surface area contributed by atoms with Crippen molar-refractivity contribution >= 4 is 18.1 Å². The van der Waals surface area contributed by atoms with E-state index in [1.165, 1.54) is 6.21 Å². The van der Waals surface area contributed by atoms with Gasteiger partial charge in [0.1, 0.15) is 5.75 Å². The maximum atomic E-state index is 11.3. The van der Waals surface area contributed by atoms with Crippen LogP contribution >= 0.6 is 0 Å². The molecule has 1 aliphatic carbocycles. The standard InChI is InChI=1S/C13H14N2O4/c16-12(17)8-19-11-5-1-9(2-6-11)7-14-15-13(18)10-3-4-10/h1-2,5-7,10H,3-4,8H2,(H,15,18)(H,16,17)/b14-7+. The van der Waals surface area contributed by atoms with Crippen LogP contribution in [-0.4, -0.2) is 29.8 Å². The number of amides is 1. The molecule has 2 N–H and O–H groups in total. The number of carbonyl (C=O) groups is 2. The molecule has 1 fully saturated rings. The van der Waals surface area contributed by atoms with Crippen molar-refractivity contribution in [2.24, 2.45) is 11.0 Å². The van der Waals surface area contributed by atoms with Gasteiger partial charge in [-0.1, -0.05) is 0 Å². The highest BCUT2D eigenvalue weighted by Crippen LogP contribution is 2.28. The van der Waals surface area contributed by atoms with E-state index in [0.717, 1.165) is 18.4 Å². The van der Waals surface area contributed by atoms with Crippen LogP contribution in [0.2, 0.25) is 0 Å². The smallest absolute Gasteiger partial charge is 0.341 e. The Bertz CT molecular complexity index is 492. The van der Waals surface area contributed by atoms with Gasteiger partial charge in [0.2, 0.25) is 5.91 Å². The zero-order valence-corrected chi connectivity index (χ0v) is 10.2. The number of hydrogen-bond donors (Lipinski definition) is 2. The number of nitrogens with one attached hydrogen (secondary N) is 1. The van der Waals surface area contributed by atoms with Gasteiger partial charge in [-0.2, -0.15) is 5.10 Å². The van der Waals surface area contributed by atoms with Crippen molar-refractivity contribution in [3.8, 4) is 5.75 Å². The van der Waals surface area contributed by atoms with Crippen molar-refractivity contribution in [3.63, 3.8) is 0 Å². The molecule has 19 heavy (non-hydrogen) atoms. The summed E-state index contributed by atoms with van der Waals surface area (Å²) in [5.41, 5.74) is 3.26. The highest BCUT2D eigenvalue weighted by Gasteiger charge is 2.29. The number of hydrazone groups is 1. The maximum absolute atomic E-state index is 11.3. The zero-order chi connectivity index (χ0) is 13.7. The van der Waals surface area contributed by atoms with Crippen molar-refractivity contribution in [2.45, 2.75) is 12.8 Å². The van der Waals surface area contributed by atoms with Gasteiger partial charge in [0.15, 0.2) is 6.61 Å². The summed E-state index contributed by atoms with van der Waals surface area (Å²) in [6.07, 6.45) is 3.41. The number of nitrogens with zero attached hydrogens (tertiary/aromatic N) is 1. The second kappa shape index (κ2) is 5.99. The van der Waals surface area contributed by atoms with Crippen LogP contribution in [0.4, 0.5) is 0 Å². The SMILES string of the molecule is O=C(O)COc1ccc(/C=N/NC(=O)C2CC2)cc1. The van der Waals surface area contributed by atoms with Crippen LogP contribution in [0.5, 0.6) is 5.75 Å². The van der Waals surface area contributed by atoms with Crippen LogP contribution in [0.3, 0.4) is 0 Å². The summed E-state index contributed by atoms with van der Waals surface area (Å²) in [5, 5.41) is 12.3. The highest BCUT2D eigenvalue weighted by atomic mass is 16.5. The second-order valence-electron chi connectivity index (χ2n) is 4.26. The molecule has 0 radical (unpaired) electrons. The fraction of sp³-hybridized carbons (Fsp3) is 0.308. The van der Waals surface area contributed by atoms with Crippen molar-refractivity contribution in [1.29, 1.82) is 0 Å². The molecular formula is C13H14N2O4. The van der Waals surface area contributed by atoms with E-state index in [4.69, 9.17) is 9.84 Å². The molecule has 1 amide bonds. The molecule has 0 saturated heterocycles. The Balaban J connectivity index is 1.81. The van der Waals surface area contributed by atoms with Gasteiger partial charge in [-0.25, -0.2) is 10.2 Å². The molecule has 6 heteroatoms. The van der Waals surface area contributed by atoms with Gasteiger partial charge in [-0.15, -0.1) is 0 Å². The molecule has 100 valence electrons. The minimum atomic E-state index is -1.02. The Labute approximate surface area is 110 Å². The van der Waals surface area contributed by atoms with Crippen LogP contribution in [0.15, 0.2) is 29.4 Å². The van der Waals surface area contributed by atoms with E-state index in [9.17, 15) is 9.59 Å². The average molecular weight is 262 g/mol. The number of rotatable bonds is 6. The third-order valence-corrected chi connectivity index (χ3v) is 2.58. The monoisotopic (exact) mass is 262 g/mol. The molecule has 0 atom stereocenters. The molecule has 1 aromatic carbocycles. The lowest BCUT2D eigenvalue weighted by Crippen LogP contribution is -2.18. The Hall–Kier alpha value is -2.37. The van der Waals surface area contributed by atoms with Gasteiger partial charge in [-0.05, 0) is 42.7 Å². The van der Waals surface area contributed by atoms with E-state index in [-0.39, 0.29) is 18.4 Å². The number of benzene rings is 1. The number of carbonyl (C=O) groups excluding carboxylic acids is 1. The second-order valence-corrected chi connectivity index (χ2v) is 4.26. The Morgan fingerprint density at radius 3 is 2.63 bits per heavy atom. The van der Waals surface area contributed by atoms with Crippen molar-refractivity contribution in [2.75, 3.05) is 6.61 Å². The Morgan fingerprint density at radius 1 is 1.37 bits per heavy atom. The Kier molecular flexibility index (Phi) is 4.12. The summed E-state index contributed by atoms with van der Waals surface area (Å²) in [6.45, 7) is -0.370. The van der Waals surface area contributed by atoms with Crippen molar-refractivity contribution in [3.05, 3.63) is 29.8 Å². The molecule has 2 rings (SSSR count). The van der Waals surface area contributed by atoms with Crippen molar-refractivity contribution in [1.82, 2.24) is 5.43 Å². The molecule has 0 aromatic heterocycles. The number of carboxylic acid groups (broad SMARTS) is 1. The van der Waals surface area contributed by atoms with E-state index in [1.807, 2.05) is 0 Å². The van der Waals surface area contributed by atoms with Gasteiger partial charge >= 0.3 is 5.97 Å². The summed E-state index contributed by atoms with van der Waals surface area (Å²) >= 11 is 0. The minimum absolute atomic E-state index is 0.0438. The van der Waals surface area contributed by atoms with Crippen LogP contribution in [0.1, 0.15) is 18.4 Å². The summed E-state index contributed by atoms with van der Waals surface area (Å²) in [7, 11) is 0. The van der Waals surface area contributed by atoms with Crippen LogP contribution in [0, 0.1) is 5.92 Å². The quantitative estimate of drug-likeness (QED) is 0.591. The lowest BCUT2D eigenvalue weighted by atomic mass is 10.2.